The molecule has 2 aromatic rings. The Labute approximate surface area is 107 Å². The van der Waals surface area contributed by atoms with Gasteiger partial charge in [0.25, 0.3) is 0 Å². The van der Waals surface area contributed by atoms with Gasteiger partial charge in [0.15, 0.2) is 17.4 Å². The Hall–Kier alpha value is -1.88. The first-order chi connectivity index (χ1) is 8.56. The van der Waals surface area contributed by atoms with Crippen molar-refractivity contribution in [3.63, 3.8) is 0 Å². The molecule has 0 aliphatic carbocycles. The molecule has 0 radical (unpaired) electrons. The van der Waals surface area contributed by atoms with Crippen LogP contribution in [0.15, 0.2) is 30.5 Å². The highest BCUT2D eigenvalue weighted by Gasteiger charge is 2.09. The highest BCUT2D eigenvalue weighted by molar-refractivity contribution is 6.29. The standard InChI is InChI=1S/C12H9ClF2N2O/c13-11-2-1-8(6-17-11)16-5-7-3-9(14)12(18)10(15)4-7/h1-4,6,16,18H,5H2. The molecule has 0 aliphatic heterocycles. The quantitative estimate of drug-likeness (QED) is 0.841. The van der Waals surface area contributed by atoms with Gasteiger partial charge in [0.2, 0.25) is 0 Å². The number of nitrogens with zero attached hydrogens (tertiary/aromatic N) is 1. The molecule has 0 aliphatic rings. The molecule has 6 heteroatoms. The van der Waals surface area contributed by atoms with Crippen molar-refractivity contribution in [1.82, 2.24) is 4.98 Å². The molecule has 1 aromatic carbocycles. The second-order valence-corrected chi connectivity index (χ2v) is 4.02. The molecule has 0 unspecified atom stereocenters. The van der Waals surface area contributed by atoms with Crippen molar-refractivity contribution in [2.45, 2.75) is 6.54 Å². The summed E-state index contributed by atoms with van der Waals surface area (Å²) in [5.41, 5.74) is 1.05. The number of pyridine rings is 1. The van der Waals surface area contributed by atoms with Gasteiger partial charge in [-0.2, -0.15) is 0 Å². The van der Waals surface area contributed by atoms with Gasteiger partial charge in [0, 0.05) is 6.54 Å². The molecular weight excluding hydrogens is 262 g/mol. The van der Waals surface area contributed by atoms with Crippen LogP contribution in [0.4, 0.5) is 14.5 Å². The molecule has 0 saturated heterocycles. The van der Waals surface area contributed by atoms with E-state index in [0.717, 1.165) is 12.1 Å². The lowest BCUT2D eigenvalue weighted by Gasteiger charge is -2.07. The summed E-state index contributed by atoms with van der Waals surface area (Å²) in [6.45, 7) is 0.206. The molecule has 2 rings (SSSR count). The van der Waals surface area contributed by atoms with Gasteiger partial charge in [-0.15, -0.1) is 0 Å². The van der Waals surface area contributed by atoms with Crippen LogP contribution in [0, 0.1) is 11.6 Å². The van der Waals surface area contributed by atoms with Crippen LogP contribution in [-0.4, -0.2) is 10.1 Å². The molecule has 1 aromatic heterocycles. The fourth-order valence-electron chi connectivity index (χ4n) is 1.40. The summed E-state index contributed by atoms with van der Waals surface area (Å²) in [7, 11) is 0. The van der Waals surface area contributed by atoms with Gasteiger partial charge in [-0.1, -0.05) is 11.6 Å². The zero-order valence-corrected chi connectivity index (χ0v) is 9.88. The van der Waals surface area contributed by atoms with Gasteiger partial charge >= 0.3 is 0 Å². The topological polar surface area (TPSA) is 45.1 Å². The van der Waals surface area contributed by atoms with Crippen LogP contribution in [-0.2, 0) is 6.54 Å². The maximum Gasteiger partial charge on any atom is 0.187 e. The Morgan fingerprint density at radius 1 is 1.22 bits per heavy atom. The van der Waals surface area contributed by atoms with Crippen LogP contribution in [0.3, 0.4) is 0 Å². The van der Waals surface area contributed by atoms with E-state index in [1.54, 1.807) is 12.1 Å². The average Bonchev–Trinajstić information content (AvgIpc) is 2.35. The summed E-state index contributed by atoms with van der Waals surface area (Å²) in [6, 6.07) is 5.42. The third kappa shape index (κ3) is 2.87. The Morgan fingerprint density at radius 3 is 2.44 bits per heavy atom. The second-order valence-electron chi connectivity index (χ2n) is 3.63. The van der Waals surface area contributed by atoms with Crippen LogP contribution >= 0.6 is 11.6 Å². The Kier molecular flexibility index (Phi) is 3.62. The van der Waals surface area contributed by atoms with E-state index >= 15 is 0 Å². The molecule has 94 valence electrons. The number of nitrogens with one attached hydrogen (secondary N) is 1. The van der Waals surface area contributed by atoms with E-state index < -0.39 is 17.4 Å². The van der Waals surface area contributed by atoms with E-state index in [0.29, 0.717) is 16.4 Å². The number of hydrogen-bond acceptors (Lipinski definition) is 3. The van der Waals surface area contributed by atoms with Gasteiger partial charge in [-0.05, 0) is 29.8 Å². The first kappa shape index (κ1) is 12.6. The molecule has 1 heterocycles. The summed E-state index contributed by atoms with van der Waals surface area (Å²) >= 11 is 5.62. The minimum atomic E-state index is -0.985. The minimum absolute atomic E-state index is 0.206. The van der Waals surface area contributed by atoms with Gasteiger partial charge in [-0.25, -0.2) is 13.8 Å². The van der Waals surface area contributed by atoms with E-state index in [1.165, 1.54) is 6.20 Å². The number of anilines is 1. The normalized spacial score (nSPS) is 10.4. The van der Waals surface area contributed by atoms with Crippen molar-refractivity contribution in [3.05, 3.63) is 52.8 Å². The Bertz CT molecular complexity index is 537. The molecule has 2 N–H and O–H groups in total. The SMILES string of the molecule is Oc1c(F)cc(CNc2ccc(Cl)nc2)cc1F. The highest BCUT2D eigenvalue weighted by atomic mass is 35.5. The fraction of sp³-hybridized carbons (Fsp3) is 0.0833. The first-order valence-electron chi connectivity index (χ1n) is 5.08. The number of aromatic hydroxyl groups is 1. The van der Waals surface area contributed by atoms with E-state index in [1.807, 2.05) is 0 Å². The summed E-state index contributed by atoms with van der Waals surface area (Å²) in [6.07, 6.45) is 1.51. The number of rotatable bonds is 3. The van der Waals surface area contributed by atoms with E-state index in [4.69, 9.17) is 16.7 Å². The van der Waals surface area contributed by atoms with Gasteiger partial charge in [-0.3, -0.25) is 0 Å². The number of halogens is 3. The lowest BCUT2D eigenvalue weighted by Crippen LogP contribution is -2.01. The average molecular weight is 271 g/mol. The number of phenolic OH excluding ortho intramolecular Hbond substituents is 1. The lowest BCUT2D eigenvalue weighted by molar-refractivity contribution is 0.395. The van der Waals surface area contributed by atoms with E-state index in [-0.39, 0.29) is 6.54 Å². The number of phenols is 1. The van der Waals surface area contributed by atoms with Crippen molar-refractivity contribution in [1.29, 1.82) is 0 Å². The van der Waals surface area contributed by atoms with Crippen molar-refractivity contribution < 1.29 is 13.9 Å². The lowest BCUT2D eigenvalue weighted by atomic mass is 10.2. The molecule has 0 amide bonds. The smallest absolute Gasteiger partial charge is 0.187 e. The maximum atomic E-state index is 13.1. The van der Waals surface area contributed by atoms with Crippen molar-refractivity contribution in [3.8, 4) is 5.75 Å². The van der Waals surface area contributed by atoms with Crippen LogP contribution in [0.5, 0.6) is 5.75 Å². The van der Waals surface area contributed by atoms with Crippen LogP contribution < -0.4 is 5.32 Å². The zero-order valence-electron chi connectivity index (χ0n) is 9.12. The first-order valence-corrected chi connectivity index (χ1v) is 5.46. The van der Waals surface area contributed by atoms with Crippen LogP contribution in [0.25, 0.3) is 0 Å². The molecule has 0 saturated carbocycles. The minimum Gasteiger partial charge on any atom is -0.503 e. The zero-order chi connectivity index (χ0) is 13.1. The van der Waals surface area contributed by atoms with Crippen molar-refractivity contribution >= 4 is 17.3 Å². The number of hydrogen-bond donors (Lipinski definition) is 2. The Balaban J connectivity index is 2.08. The van der Waals surface area contributed by atoms with Crippen LogP contribution in [0.2, 0.25) is 5.15 Å². The molecule has 0 bridgehead atoms. The van der Waals surface area contributed by atoms with Gasteiger partial charge < -0.3 is 10.4 Å². The third-order valence-electron chi connectivity index (χ3n) is 2.30. The van der Waals surface area contributed by atoms with Gasteiger partial charge in [0.1, 0.15) is 5.15 Å². The molecule has 3 nitrogen and oxygen atoms in total. The van der Waals surface area contributed by atoms with Crippen molar-refractivity contribution in [2.75, 3.05) is 5.32 Å². The summed E-state index contributed by atoms with van der Waals surface area (Å²) in [5, 5.41) is 12.2. The molecule has 0 spiro atoms. The third-order valence-corrected chi connectivity index (χ3v) is 2.52. The number of benzene rings is 1. The molecule has 0 fully saturated rings. The highest BCUT2D eigenvalue weighted by Crippen LogP contribution is 2.22. The maximum absolute atomic E-state index is 13.1. The van der Waals surface area contributed by atoms with Crippen LogP contribution in [0.1, 0.15) is 5.56 Å². The fourth-order valence-corrected chi connectivity index (χ4v) is 1.52. The molecule has 18 heavy (non-hydrogen) atoms. The van der Waals surface area contributed by atoms with Crippen molar-refractivity contribution in [2.24, 2.45) is 0 Å². The van der Waals surface area contributed by atoms with Gasteiger partial charge in [0.05, 0.1) is 11.9 Å². The largest absolute Gasteiger partial charge is 0.503 e. The molecular formula is C12H9ClF2N2O. The van der Waals surface area contributed by atoms with E-state index in [2.05, 4.69) is 10.3 Å². The monoisotopic (exact) mass is 270 g/mol. The number of aromatic nitrogens is 1. The Morgan fingerprint density at radius 2 is 1.89 bits per heavy atom. The predicted molar refractivity (Wildman–Crippen MR) is 64.6 cm³/mol. The predicted octanol–water partition coefficient (Wildman–Crippen LogP) is 3.33. The summed E-state index contributed by atoms with van der Waals surface area (Å²) in [4.78, 5) is 3.86. The summed E-state index contributed by atoms with van der Waals surface area (Å²) in [5.74, 6) is -2.94. The van der Waals surface area contributed by atoms with E-state index in [9.17, 15) is 8.78 Å². The second kappa shape index (κ2) is 5.18. The molecule has 0 atom stereocenters. The summed E-state index contributed by atoms with van der Waals surface area (Å²) < 4.78 is 26.1.